The van der Waals surface area contributed by atoms with Crippen LogP contribution in [0.2, 0.25) is 0 Å². The molecule has 0 aliphatic heterocycles. The van der Waals surface area contributed by atoms with Gasteiger partial charge in [-0.2, -0.15) is 0 Å². The second kappa shape index (κ2) is 6.12. The van der Waals surface area contributed by atoms with E-state index in [1.165, 1.54) is 5.56 Å². The Bertz CT molecular complexity index is 977. The van der Waals surface area contributed by atoms with Gasteiger partial charge >= 0.3 is 0 Å². The highest BCUT2D eigenvalue weighted by atomic mass is 16.2. The quantitative estimate of drug-likeness (QED) is 0.769. The zero-order chi connectivity index (χ0) is 17.3. The van der Waals surface area contributed by atoms with Crippen molar-refractivity contribution in [3.05, 3.63) is 70.5 Å². The second-order valence-corrected chi connectivity index (χ2v) is 6.49. The molecule has 1 amide bonds. The molecule has 0 bridgehead atoms. The summed E-state index contributed by atoms with van der Waals surface area (Å²) in [4.78, 5) is 24.6. The lowest BCUT2D eigenvalue weighted by Crippen LogP contribution is -2.37. The Morgan fingerprint density at radius 2 is 1.80 bits per heavy atom. The third-order valence-electron chi connectivity index (χ3n) is 4.79. The van der Waals surface area contributed by atoms with E-state index in [9.17, 15) is 9.59 Å². The van der Waals surface area contributed by atoms with Gasteiger partial charge in [0.15, 0.2) is 0 Å². The van der Waals surface area contributed by atoms with E-state index < -0.39 is 0 Å². The zero-order valence-electron chi connectivity index (χ0n) is 13.7. The van der Waals surface area contributed by atoms with Crippen LogP contribution in [-0.4, -0.2) is 27.4 Å². The fourth-order valence-corrected chi connectivity index (χ4v) is 3.10. The van der Waals surface area contributed by atoms with E-state index in [0.717, 1.165) is 17.5 Å². The maximum Gasteiger partial charge on any atom is 0.278 e. The molecule has 4 rings (SSSR count). The first-order chi connectivity index (χ1) is 12.2. The molecule has 1 heterocycles. The molecule has 0 atom stereocenters. The maximum atomic E-state index is 12.4. The summed E-state index contributed by atoms with van der Waals surface area (Å²) in [6, 6.07) is 17.2. The molecule has 0 saturated heterocycles. The summed E-state index contributed by atoms with van der Waals surface area (Å²) in [7, 11) is 0. The van der Waals surface area contributed by atoms with E-state index >= 15 is 0 Å². The molecule has 6 nitrogen and oxygen atoms in total. The summed E-state index contributed by atoms with van der Waals surface area (Å²) in [5.74, 6) is -0.228. The van der Waals surface area contributed by atoms with Crippen molar-refractivity contribution in [1.29, 1.82) is 0 Å². The Balaban J connectivity index is 1.45. The molecule has 0 radical (unpaired) electrons. The molecule has 6 heteroatoms. The number of fused-ring (bicyclic) bond motifs is 1. The van der Waals surface area contributed by atoms with Crippen molar-refractivity contribution in [1.82, 2.24) is 20.3 Å². The number of amides is 1. The predicted octanol–water partition coefficient (Wildman–Crippen LogP) is 1.64. The molecule has 126 valence electrons. The van der Waals surface area contributed by atoms with Crippen LogP contribution in [0.15, 0.2) is 59.4 Å². The van der Waals surface area contributed by atoms with Crippen LogP contribution in [0.5, 0.6) is 0 Å². The van der Waals surface area contributed by atoms with Gasteiger partial charge in [0.05, 0.1) is 5.39 Å². The highest BCUT2D eigenvalue weighted by Crippen LogP contribution is 2.47. The smallest absolute Gasteiger partial charge is 0.278 e. The number of benzene rings is 2. The number of carbonyl (C=O) groups excluding carboxylic acids is 1. The van der Waals surface area contributed by atoms with Crippen molar-refractivity contribution < 1.29 is 4.79 Å². The number of nitrogens with zero attached hydrogens (tertiary/aromatic N) is 3. The number of aromatic nitrogens is 3. The first-order valence-corrected chi connectivity index (χ1v) is 8.33. The highest BCUT2D eigenvalue weighted by Gasteiger charge is 2.44. The first kappa shape index (κ1) is 15.5. The van der Waals surface area contributed by atoms with Crippen LogP contribution in [-0.2, 0) is 16.8 Å². The lowest BCUT2D eigenvalue weighted by molar-refractivity contribution is -0.122. The molecule has 3 aromatic rings. The van der Waals surface area contributed by atoms with E-state index in [4.69, 9.17) is 0 Å². The standard InChI is InChI=1S/C19H18N4O2/c24-17(20-13-19(10-11-19)14-6-2-1-3-7-14)12-23-18(25)15-8-4-5-9-16(15)21-22-23/h1-9H,10-13H2,(H,20,24). The number of hydrogen-bond acceptors (Lipinski definition) is 4. The van der Waals surface area contributed by atoms with Crippen LogP contribution in [0.4, 0.5) is 0 Å². The highest BCUT2D eigenvalue weighted by molar-refractivity contribution is 5.78. The Morgan fingerprint density at radius 1 is 1.08 bits per heavy atom. The summed E-state index contributed by atoms with van der Waals surface area (Å²) < 4.78 is 1.11. The van der Waals surface area contributed by atoms with Crippen LogP contribution in [0.25, 0.3) is 10.9 Å². The third kappa shape index (κ3) is 3.03. The lowest BCUT2D eigenvalue weighted by atomic mass is 9.96. The Morgan fingerprint density at radius 3 is 2.56 bits per heavy atom. The predicted molar refractivity (Wildman–Crippen MR) is 94.2 cm³/mol. The Kier molecular flexibility index (Phi) is 3.80. The molecule has 1 aliphatic rings. The molecular weight excluding hydrogens is 316 g/mol. The van der Waals surface area contributed by atoms with E-state index in [0.29, 0.717) is 17.4 Å². The van der Waals surface area contributed by atoms with E-state index in [1.807, 2.05) is 18.2 Å². The first-order valence-electron chi connectivity index (χ1n) is 8.33. The maximum absolute atomic E-state index is 12.4. The summed E-state index contributed by atoms with van der Waals surface area (Å²) >= 11 is 0. The topological polar surface area (TPSA) is 76.9 Å². The van der Waals surface area contributed by atoms with Crippen molar-refractivity contribution in [2.45, 2.75) is 24.8 Å². The monoisotopic (exact) mass is 334 g/mol. The molecule has 2 aromatic carbocycles. The van der Waals surface area contributed by atoms with Crippen molar-refractivity contribution in [3.8, 4) is 0 Å². The van der Waals surface area contributed by atoms with Gasteiger partial charge in [-0.25, -0.2) is 4.68 Å². The average molecular weight is 334 g/mol. The van der Waals surface area contributed by atoms with Gasteiger partial charge in [0.1, 0.15) is 12.1 Å². The van der Waals surface area contributed by atoms with Gasteiger partial charge < -0.3 is 5.32 Å². The van der Waals surface area contributed by atoms with Crippen LogP contribution in [0.3, 0.4) is 0 Å². The van der Waals surface area contributed by atoms with Crippen molar-refractivity contribution in [2.75, 3.05) is 6.54 Å². The third-order valence-corrected chi connectivity index (χ3v) is 4.79. The Hall–Kier alpha value is -3.02. The molecular formula is C19H18N4O2. The molecule has 1 fully saturated rings. The molecule has 25 heavy (non-hydrogen) atoms. The molecule has 1 saturated carbocycles. The fraction of sp³-hybridized carbons (Fsp3) is 0.263. The molecule has 0 unspecified atom stereocenters. The molecule has 1 aliphatic carbocycles. The SMILES string of the molecule is O=C(Cn1nnc2ccccc2c1=O)NCC1(c2ccccc2)CC1. The minimum atomic E-state index is -0.301. The van der Waals surface area contributed by atoms with Gasteiger partial charge in [-0.1, -0.05) is 47.7 Å². The van der Waals surface area contributed by atoms with Crippen LogP contribution in [0.1, 0.15) is 18.4 Å². The lowest BCUT2D eigenvalue weighted by Gasteiger charge is -2.16. The minimum Gasteiger partial charge on any atom is -0.354 e. The van der Waals surface area contributed by atoms with Gasteiger partial charge in [0.2, 0.25) is 5.91 Å². The van der Waals surface area contributed by atoms with Crippen molar-refractivity contribution in [2.24, 2.45) is 0 Å². The second-order valence-electron chi connectivity index (χ2n) is 6.49. The minimum absolute atomic E-state index is 0.0386. The zero-order valence-corrected chi connectivity index (χ0v) is 13.7. The van der Waals surface area contributed by atoms with Gasteiger partial charge in [0, 0.05) is 12.0 Å². The fourth-order valence-electron chi connectivity index (χ4n) is 3.10. The Labute approximate surface area is 144 Å². The van der Waals surface area contributed by atoms with Crippen molar-refractivity contribution >= 4 is 16.8 Å². The van der Waals surface area contributed by atoms with E-state index in [2.05, 4.69) is 27.8 Å². The van der Waals surface area contributed by atoms with Gasteiger partial charge in [-0.3, -0.25) is 9.59 Å². The normalized spacial score (nSPS) is 15.0. The summed E-state index contributed by atoms with van der Waals surface area (Å²) in [5.41, 5.74) is 1.52. The van der Waals surface area contributed by atoms with Crippen LogP contribution < -0.4 is 10.9 Å². The van der Waals surface area contributed by atoms with Gasteiger partial charge in [-0.05, 0) is 30.5 Å². The summed E-state index contributed by atoms with van der Waals surface area (Å²) in [6.45, 7) is 0.452. The van der Waals surface area contributed by atoms with E-state index in [1.54, 1.807) is 24.3 Å². The van der Waals surface area contributed by atoms with Crippen LogP contribution >= 0.6 is 0 Å². The molecule has 1 N–H and O–H groups in total. The number of nitrogens with one attached hydrogen (secondary N) is 1. The number of rotatable bonds is 5. The average Bonchev–Trinajstić information content (AvgIpc) is 3.45. The van der Waals surface area contributed by atoms with Crippen molar-refractivity contribution in [3.63, 3.8) is 0 Å². The number of carbonyl (C=O) groups is 1. The number of hydrogen-bond donors (Lipinski definition) is 1. The summed E-state index contributed by atoms with van der Waals surface area (Å²) in [5, 5.41) is 11.3. The molecule has 1 aromatic heterocycles. The van der Waals surface area contributed by atoms with Gasteiger partial charge in [0.25, 0.3) is 5.56 Å². The summed E-state index contributed by atoms with van der Waals surface area (Å²) in [6.07, 6.45) is 2.13. The molecule has 0 spiro atoms. The van der Waals surface area contributed by atoms with Crippen LogP contribution in [0, 0.1) is 0 Å². The largest absolute Gasteiger partial charge is 0.354 e. The van der Waals surface area contributed by atoms with Gasteiger partial charge in [-0.15, -0.1) is 5.10 Å². The van der Waals surface area contributed by atoms with E-state index in [-0.39, 0.29) is 23.4 Å².